The Morgan fingerprint density at radius 2 is 2.03 bits per heavy atom. The molecule has 1 aromatic carbocycles. The number of anilines is 3. The summed E-state index contributed by atoms with van der Waals surface area (Å²) in [6.07, 6.45) is 8.13. The zero-order valence-corrected chi connectivity index (χ0v) is 19.2. The van der Waals surface area contributed by atoms with E-state index in [1.54, 1.807) is 0 Å². The van der Waals surface area contributed by atoms with Gasteiger partial charge in [-0.2, -0.15) is 5.10 Å². The van der Waals surface area contributed by atoms with Crippen molar-refractivity contribution in [3.8, 4) is 17.0 Å². The van der Waals surface area contributed by atoms with Gasteiger partial charge in [0.2, 0.25) is 11.8 Å². The fourth-order valence-corrected chi connectivity index (χ4v) is 4.74. The fourth-order valence-electron chi connectivity index (χ4n) is 4.74. The average molecular weight is 457 g/mol. The highest BCUT2D eigenvalue weighted by Gasteiger charge is 2.18. The van der Waals surface area contributed by atoms with Crippen LogP contribution in [-0.4, -0.2) is 51.0 Å². The van der Waals surface area contributed by atoms with Crippen LogP contribution in [0.15, 0.2) is 42.9 Å². The van der Waals surface area contributed by atoms with E-state index in [9.17, 15) is 0 Å². The van der Waals surface area contributed by atoms with E-state index >= 15 is 0 Å². The molecule has 4 aromatic rings. The maximum atomic E-state index is 5.67. The molecule has 3 aromatic heterocycles. The smallest absolute Gasteiger partial charge is 0.237 e. The van der Waals surface area contributed by atoms with Crippen molar-refractivity contribution in [1.82, 2.24) is 30.0 Å². The minimum absolute atomic E-state index is 0.534. The molecule has 1 saturated heterocycles. The Balaban J connectivity index is 1.23. The molecule has 0 radical (unpaired) electrons. The molecule has 0 spiro atoms. The summed E-state index contributed by atoms with van der Waals surface area (Å²) in [5.74, 6) is 2.63. The Morgan fingerprint density at radius 1 is 1.12 bits per heavy atom. The normalized spacial score (nSPS) is 16.0. The van der Waals surface area contributed by atoms with Gasteiger partial charge >= 0.3 is 0 Å². The summed E-state index contributed by atoms with van der Waals surface area (Å²) in [6.45, 7) is 6.64. The molecule has 34 heavy (non-hydrogen) atoms. The number of benzene rings is 1. The molecule has 0 atom stereocenters. The van der Waals surface area contributed by atoms with Crippen LogP contribution in [0.4, 0.5) is 17.5 Å². The summed E-state index contributed by atoms with van der Waals surface area (Å²) in [6, 6.07) is 8.19. The quantitative estimate of drug-likeness (QED) is 0.417. The minimum Gasteiger partial charge on any atom is -0.474 e. The lowest BCUT2D eigenvalue weighted by Crippen LogP contribution is -2.30. The van der Waals surface area contributed by atoms with E-state index < -0.39 is 0 Å². The van der Waals surface area contributed by atoms with Crippen molar-refractivity contribution in [3.63, 3.8) is 0 Å². The summed E-state index contributed by atoms with van der Waals surface area (Å²) >= 11 is 0. The molecule has 1 fully saturated rings. The Bertz CT molecular complexity index is 1330. The monoisotopic (exact) mass is 456 g/mol. The highest BCUT2D eigenvalue weighted by Crippen LogP contribution is 2.36. The van der Waals surface area contributed by atoms with Crippen molar-refractivity contribution in [1.29, 1.82) is 0 Å². The Labute approximate surface area is 198 Å². The zero-order valence-electron chi connectivity index (χ0n) is 19.2. The van der Waals surface area contributed by atoms with E-state index in [0.29, 0.717) is 24.4 Å². The highest BCUT2D eigenvalue weighted by molar-refractivity contribution is 5.86. The van der Waals surface area contributed by atoms with E-state index in [4.69, 9.17) is 9.72 Å². The number of nitrogens with one attached hydrogen (secondary N) is 3. The Morgan fingerprint density at radius 3 is 2.94 bits per heavy atom. The lowest BCUT2D eigenvalue weighted by Gasteiger charge is -2.22. The van der Waals surface area contributed by atoms with Crippen LogP contribution in [0.3, 0.4) is 0 Å². The van der Waals surface area contributed by atoms with E-state index in [-0.39, 0.29) is 0 Å². The van der Waals surface area contributed by atoms with Gasteiger partial charge in [-0.05, 0) is 56.0 Å². The van der Waals surface area contributed by atoms with Gasteiger partial charge in [0.15, 0.2) is 5.82 Å². The Hall–Kier alpha value is -3.72. The average Bonchev–Trinajstić information content (AvgIpc) is 3.31. The first-order chi connectivity index (χ1) is 16.7. The van der Waals surface area contributed by atoms with Crippen LogP contribution in [0.1, 0.15) is 18.4 Å². The van der Waals surface area contributed by atoms with Gasteiger partial charge in [0, 0.05) is 48.7 Å². The molecule has 0 bridgehead atoms. The number of fused-ring (bicyclic) bond motifs is 2. The molecule has 5 heterocycles. The first-order valence-corrected chi connectivity index (χ1v) is 11.9. The van der Waals surface area contributed by atoms with Gasteiger partial charge in [0.05, 0.1) is 5.52 Å². The second-order valence-electron chi connectivity index (χ2n) is 8.96. The standard InChI is InChI=1S/C25H28N8O/c1-16-20(14-28-24-23(16)27-9-11-34-24)18-2-3-19-13-29-25(30-21(19)12-18)31-22-6-10-33(32-22)15-17-4-7-26-8-5-17/h2-3,6,10,12-14,17,26-27H,4-5,7-9,11,15H2,1H3,(H,29,30,31,32). The molecule has 3 N–H and O–H groups in total. The number of hydrogen-bond donors (Lipinski definition) is 3. The number of aromatic nitrogens is 5. The van der Waals surface area contributed by atoms with Gasteiger partial charge in [-0.15, -0.1) is 0 Å². The molecule has 6 rings (SSSR count). The minimum atomic E-state index is 0.534. The third kappa shape index (κ3) is 4.14. The van der Waals surface area contributed by atoms with Crippen molar-refractivity contribution in [3.05, 3.63) is 48.4 Å². The predicted molar refractivity (Wildman–Crippen MR) is 133 cm³/mol. The van der Waals surface area contributed by atoms with Crippen LogP contribution in [0.5, 0.6) is 5.88 Å². The van der Waals surface area contributed by atoms with Gasteiger partial charge in [0.25, 0.3) is 0 Å². The lowest BCUT2D eigenvalue weighted by molar-refractivity contribution is 0.310. The van der Waals surface area contributed by atoms with Crippen LogP contribution in [0.25, 0.3) is 22.0 Å². The van der Waals surface area contributed by atoms with Gasteiger partial charge in [-0.3, -0.25) is 4.68 Å². The molecule has 9 heteroatoms. The maximum absolute atomic E-state index is 5.67. The fraction of sp³-hybridized carbons (Fsp3) is 0.360. The Kier molecular flexibility index (Phi) is 5.46. The van der Waals surface area contributed by atoms with Gasteiger partial charge in [-0.25, -0.2) is 15.0 Å². The maximum Gasteiger partial charge on any atom is 0.237 e. The van der Waals surface area contributed by atoms with Crippen LogP contribution < -0.4 is 20.7 Å². The van der Waals surface area contributed by atoms with Crippen LogP contribution in [0.2, 0.25) is 0 Å². The number of pyridine rings is 1. The van der Waals surface area contributed by atoms with Crippen LogP contribution >= 0.6 is 0 Å². The second kappa shape index (κ2) is 8.90. The molecule has 174 valence electrons. The number of nitrogens with zero attached hydrogens (tertiary/aromatic N) is 5. The van der Waals surface area contributed by atoms with Crippen molar-refractivity contribution >= 4 is 28.4 Å². The number of ether oxygens (including phenoxy) is 1. The predicted octanol–water partition coefficient (Wildman–Crippen LogP) is 3.74. The zero-order chi connectivity index (χ0) is 22.9. The second-order valence-corrected chi connectivity index (χ2v) is 8.96. The third-order valence-corrected chi connectivity index (χ3v) is 6.62. The number of piperidine rings is 1. The summed E-state index contributed by atoms with van der Waals surface area (Å²) < 4.78 is 7.68. The third-order valence-electron chi connectivity index (χ3n) is 6.62. The molecule has 0 aliphatic carbocycles. The number of rotatable bonds is 5. The van der Waals surface area contributed by atoms with Gasteiger partial charge in [-0.1, -0.05) is 12.1 Å². The largest absolute Gasteiger partial charge is 0.474 e. The van der Waals surface area contributed by atoms with Crippen molar-refractivity contribution < 1.29 is 4.74 Å². The van der Waals surface area contributed by atoms with Gasteiger partial charge in [0.1, 0.15) is 12.3 Å². The molecule has 9 nitrogen and oxygen atoms in total. The van der Waals surface area contributed by atoms with E-state index in [0.717, 1.165) is 65.3 Å². The molecule has 2 aliphatic rings. The molecule has 0 unspecified atom stereocenters. The molecule has 0 amide bonds. The first kappa shape index (κ1) is 20.9. The van der Waals surface area contributed by atoms with Crippen molar-refractivity contribution in [2.45, 2.75) is 26.3 Å². The molecular weight excluding hydrogens is 428 g/mol. The summed E-state index contributed by atoms with van der Waals surface area (Å²) in [5, 5.41) is 15.7. The van der Waals surface area contributed by atoms with Crippen LogP contribution in [-0.2, 0) is 6.54 Å². The summed E-state index contributed by atoms with van der Waals surface area (Å²) in [7, 11) is 0. The topological polar surface area (TPSA) is 102 Å². The lowest BCUT2D eigenvalue weighted by atomic mass is 9.98. The molecule has 2 aliphatic heterocycles. The number of hydrogen-bond acceptors (Lipinski definition) is 8. The van der Waals surface area contributed by atoms with Crippen molar-refractivity contribution in [2.24, 2.45) is 5.92 Å². The highest BCUT2D eigenvalue weighted by atomic mass is 16.5. The first-order valence-electron chi connectivity index (χ1n) is 11.9. The SMILES string of the molecule is Cc1c(-c2ccc3cnc(Nc4ccn(CC5CCNCC5)n4)nc3c2)cnc2c1NCCO2. The van der Waals surface area contributed by atoms with E-state index in [1.807, 2.05) is 35.4 Å². The summed E-state index contributed by atoms with van der Waals surface area (Å²) in [4.78, 5) is 13.8. The summed E-state index contributed by atoms with van der Waals surface area (Å²) in [5.41, 5.74) is 5.07. The van der Waals surface area contributed by atoms with Crippen molar-refractivity contribution in [2.75, 3.05) is 36.9 Å². The molecule has 0 saturated carbocycles. The van der Waals surface area contributed by atoms with Gasteiger partial charge < -0.3 is 20.7 Å². The van der Waals surface area contributed by atoms with E-state index in [2.05, 4.69) is 50.1 Å². The van der Waals surface area contributed by atoms with Crippen LogP contribution in [0, 0.1) is 12.8 Å². The van der Waals surface area contributed by atoms with E-state index in [1.165, 1.54) is 12.8 Å². The molecular formula is C25H28N8O.